The molecule has 1 N–H and O–H groups in total. The Morgan fingerprint density at radius 2 is 1.95 bits per heavy atom. The van der Waals surface area contributed by atoms with E-state index in [1.54, 1.807) is 19.2 Å². The van der Waals surface area contributed by atoms with E-state index in [0.29, 0.717) is 11.3 Å². The van der Waals surface area contributed by atoms with Crippen molar-refractivity contribution in [2.45, 2.75) is 19.9 Å². The molecule has 0 aliphatic heterocycles. The van der Waals surface area contributed by atoms with E-state index in [1.165, 1.54) is 6.07 Å². The normalized spacial score (nSPS) is 12.2. The van der Waals surface area contributed by atoms with Gasteiger partial charge in [0.15, 0.2) is 0 Å². The van der Waals surface area contributed by atoms with Crippen LogP contribution in [0.3, 0.4) is 0 Å². The van der Waals surface area contributed by atoms with E-state index in [4.69, 9.17) is 4.74 Å². The molecule has 2 aromatic rings. The van der Waals surface area contributed by atoms with Crippen molar-refractivity contribution >= 4 is 15.9 Å². The van der Waals surface area contributed by atoms with Gasteiger partial charge in [-0.1, -0.05) is 28.1 Å². The molecule has 0 aromatic heterocycles. The van der Waals surface area contributed by atoms with Crippen LogP contribution in [0.25, 0.3) is 0 Å². The van der Waals surface area contributed by atoms with Gasteiger partial charge in [-0.3, -0.25) is 0 Å². The highest BCUT2D eigenvalue weighted by Crippen LogP contribution is 2.34. The summed E-state index contributed by atoms with van der Waals surface area (Å²) in [5.74, 6) is 0.986. The second kappa shape index (κ2) is 6.37. The summed E-state index contributed by atoms with van der Waals surface area (Å²) in [7, 11) is 1.80. The van der Waals surface area contributed by atoms with Crippen molar-refractivity contribution < 1.29 is 9.13 Å². The van der Waals surface area contributed by atoms with Gasteiger partial charge in [-0.05, 0) is 50.7 Å². The highest BCUT2D eigenvalue weighted by molar-refractivity contribution is 9.10. The number of nitrogens with one attached hydrogen (secondary N) is 1. The maximum Gasteiger partial charge on any atom is 0.135 e. The van der Waals surface area contributed by atoms with Crippen LogP contribution in [-0.4, -0.2) is 7.05 Å². The standard InChI is InChI=1S/C16H17BrFNO/c1-10-7-8-12(17)9-15(10)20-14-6-4-5-13(18)16(14)11(2)19-3/h4-9,11,19H,1-3H3. The summed E-state index contributed by atoms with van der Waals surface area (Å²) >= 11 is 3.42. The van der Waals surface area contributed by atoms with Crippen molar-refractivity contribution in [2.24, 2.45) is 0 Å². The van der Waals surface area contributed by atoms with Gasteiger partial charge in [-0.15, -0.1) is 0 Å². The number of hydrogen-bond donors (Lipinski definition) is 1. The Morgan fingerprint density at radius 3 is 2.65 bits per heavy atom. The van der Waals surface area contributed by atoms with E-state index < -0.39 is 0 Å². The van der Waals surface area contributed by atoms with E-state index >= 15 is 0 Å². The minimum atomic E-state index is -0.267. The Balaban J connectivity index is 2.43. The second-order valence-electron chi connectivity index (χ2n) is 4.67. The molecular formula is C16H17BrFNO. The smallest absolute Gasteiger partial charge is 0.135 e. The maximum atomic E-state index is 14.0. The summed E-state index contributed by atoms with van der Waals surface area (Å²) in [4.78, 5) is 0. The lowest BCUT2D eigenvalue weighted by atomic mass is 10.1. The van der Waals surface area contributed by atoms with E-state index in [1.807, 2.05) is 32.0 Å². The van der Waals surface area contributed by atoms with Crippen molar-refractivity contribution in [3.05, 3.63) is 57.8 Å². The highest BCUT2D eigenvalue weighted by Gasteiger charge is 2.16. The Kier molecular flexibility index (Phi) is 4.78. The Labute approximate surface area is 127 Å². The molecule has 20 heavy (non-hydrogen) atoms. The first-order valence-electron chi connectivity index (χ1n) is 6.42. The fraction of sp³-hybridized carbons (Fsp3) is 0.250. The average molecular weight is 338 g/mol. The Morgan fingerprint density at radius 1 is 1.20 bits per heavy atom. The molecule has 0 aliphatic carbocycles. The van der Waals surface area contributed by atoms with Crippen molar-refractivity contribution in [3.63, 3.8) is 0 Å². The lowest BCUT2D eigenvalue weighted by Gasteiger charge is -2.18. The van der Waals surface area contributed by atoms with Crippen LogP contribution in [0.1, 0.15) is 24.1 Å². The summed E-state index contributed by atoms with van der Waals surface area (Å²) in [5, 5.41) is 3.04. The molecule has 0 saturated heterocycles. The van der Waals surface area contributed by atoms with Gasteiger partial charge in [0, 0.05) is 16.1 Å². The number of ether oxygens (including phenoxy) is 1. The molecule has 0 radical (unpaired) electrons. The van der Waals surface area contributed by atoms with Crippen LogP contribution in [0.15, 0.2) is 40.9 Å². The number of benzene rings is 2. The number of hydrogen-bond acceptors (Lipinski definition) is 2. The lowest BCUT2D eigenvalue weighted by molar-refractivity contribution is 0.449. The molecule has 4 heteroatoms. The van der Waals surface area contributed by atoms with E-state index in [-0.39, 0.29) is 11.9 Å². The van der Waals surface area contributed by atoms with Crippen LogP contribution in [0, 0.1) is 12.7 Å². The van der Waals surface area contributed by atoms with Gasteiger partial charge in [0.05, 0.1) is 0 Å². The van der Waals surface area contributed by atoms with Crippen LogP contribution < -0.4 is 10.1 Å². The predicted molar refractivity (Wildman–Crippen MR) is 82.8 cm³/mol. The molecule has 0 heterocycles. The maximum absolute atomic E-state index is 14.0. The molecule has 0 bridgehead atoms. The topological polar surface area (TPSA) is 21.3 Å². The molecular weight excluding hydrogens is 321 g/mol. The van der Waals surface area contributed by atoms with Crippen LogP contribution in [0.5, 0.6) is 11.5 Å². The zero-order valence-electron chi connectivity index (χ0n) is 11.7. The average Bonchev–Trinajstić information content (AvgIpc) is 2.42. The summed E-state index contributed by atoms with van der Waals surface area (Å²) in [6.45, 7) is 3.86. The number of halogens is 2. The first-order chi connectivity index (χ1) is 9.52. The lowest BCUT2D eigenvalue weighted by Crippen LogP contribution is -2.15. The van der Waals surface area contributed by atoms with Gasteiger partial charge >= 0.3 is 0 Å². The first kappa shape index (κ1) is 15.0. The van der Waals surface area contributed by atoms with Crippen LogP contribution in [0.4, 0.5) is 4.39 Å². The summed E-state index contributed by atoms with van der Waals surface area (Å²) in [6, 6.07) is 10.6. The van der Waals surface area contributed by atoms with Crippen LogP contribution >= 0.6 is 15.9 Å². The van der Waals surface area contributed by atoms with Gasteiger partial charge < -0.3 is 10.1 Å². The first-order valence-corrected chi connectivity index (χ1v) is 7.22. The third-order valence-corrected chi connectivity index (χ3v) is 3.74. The molecule has 0 spiro atoms. The molecule has 0 aliphatic rings. The van der Waals surface area contributed by atoms with Crippen LogP contribution in [0.2, 0.25) is 0 Å². The largest absolute Gasteiger partial charge is 0.457 e. The Hall–Kier alpha value is -1.39. The summed E-state index contributed by atoms with van der Waals surface area (Å²) < 4.78 is 20.9. The minimum Gasteiger partial charge on any atom is -0.457 e. The third kappa shape index (κ3) is 3.19. The monoisotopic (exact) mass is 337 g/mol. The minimum absolute atomic E-state index is 0.126. The fourth-order valence-electron chi connectivity index (χ4n) is 1.97. The molecule has 1 unspecified atom stereocenters. The third-order valence-electron chi connectivity index (χ3n) is 3.25. The van der Waals surface area contributed by atoms with Crippen molar-refractivity contribution in [1.82, 2.24) is 5.32 Å². The van der Waals surface area contributed by atoms with Crippen molar-refractivity contribution in [1.29, 1.82) is 0 Å². The van der Waals surface area contributed by atoms with Gasteiger partial charge in [0.2, 0.25) is 0 Å². The molecule has 1 atom stereocenters. The van der Waals surface area contributed by atoms with Gasteiger partial charge in [0.25, 0.3) is 0 Å². The quantitative estimate of drug-likeness (QED) is 0.850. The molecule has 0 fully saturated rings. The molecule has 106 valence electrons. The second-order valence-corrected chi connectivity index (χ2v) is 5.59. The molecule has 0 amide bonds. The summed E-state index contributed by atoms with van der Waals surface area (Å²) in [6.07, 6.45) is 0. The fourth-order valence-corrected chi connectivity index (χ4v) is 2.31. The summed E-state index contributed by atoms with van der Waals surface area (Å²) in [5.41, 5.74) is 1.54. The van der Waals surface area contributed by atoms with Gasteiger partial charge in [0.1, 0.15) is 17.3 Å². The molecule has 2 rings (SSSR count). The molecule has 0 saturated carbocycles. The Bertz CT molecular complexity index is 615. The number of aryl methyl sites for hydroxylation is 1. The van der Waals surface area contributed by atoms with E-state index in [9.17, 15) is 4.39 Å². The SMILES string of the molecule is CNC(C)c1c(F)cccc1Oc1cc(Br)ccc1C. The zero-order chi connectivity index (χ0) is 14.7. The number of rotatable bonds is 4. The highest BCUT2D eigenvalue weighted by atomic mass is 79.9. The molecule has 2 nitrogen and oxygen atoms in total. The van der Waals surface area contributed by atoms with Crippen molar-refractivity contribution in [3.8, 4) is 11.5 Å². The van der Waals surface area contributed by atoms with E-state index in [2.05, 4.69) is 21.2 Å². The zero-order valence-corrected chi connectivity index (χ0v) is 13.3. The predicted octanol–water partition coefficient (Wildman–Crippen LogP) is 4.97. The molecule has 2 aromatic carbocycles. The van der Waals surface area contributed by atoms with Gasteiger partial charge in [-0.25, -0.2) is 4.39 Å². The van der Waals surface area contributed by atoms with E-state index in [0.717, 1.165) is 15.8 Å². The van der Waals surface area contributed by atoms with Gasteiger partial charge in [-0.2, -0.15) is 0 Å². The van der Waals surface area contributed by atoms with Crippen LogP contribution in [-0.2, 0) is 0 Å². The van der Waals surface area contributed by atoms with Crippen molar-refractivity contribution in [2.75, 3.05) is 7.05 Å².